The van der Waals surface area contributed by atoms with Gasteiger partial charge in [0.15, 0.2) is 5.96 Å². The summed E-state index contributed by atoms with van der Waals surface area (Å²) in [6, 6.07) is 13.2. The number of carbonyl (C=O) groups is 3. The Morgan fingerprint density at radius 3 is 2.39 bits per heavy atom. The largest absolute Gasteiger partial charge is 0.508 e. The molecule has 266 valence electrons. The lowest BCUT2D eigenvalue weighted by Crippen LogP contribution is -2.58. The van der Waals surface area contributed by atoms with Crippen molar-refractivity contribution in [2.75, 3.05) is 19.6 Å². The third-order valence-electron chi connectivity index (χ3n) is 9.48. The number of nitrogens with two attached hydrogens (primary N) is 1. The van der Waals surface area contributed by atoms with Gasteiger partial charge >= 0.3 is 0 Å². The number of aliphatic hydroxyl groups is 2. The Morgan fingerprint density at radius 1 is 1.02 bits per heavy atom. The molecule has 0 aromatic heterocycles. The molecule has 1 saturated heterocycles. The molecule has 0 spiro atoms. The molecule has 12 heteroatoms. The number of nitrogens with one attached hydrogen (secondary N) is 3. The normalized spacial score (nSPS) is 21.2. The molecule has 0 bridgehead atoms. The number of allylic oxidation sites excluding steroid dienone is 1. The number of phenolic OH excluding ortho intramolecular Hbond substituents is 1. The van der Waals surface area contributed by atoms with Crippen LogP contribution in [-0.4, -0.2) is 98.8 Å². The minimum Gasteiger partial charge on any atom is -0.508 e. The van der Waals surface area contributed by atoms with Gasteiger partial charge in [0.1, 0.15) is 23.9 Å². The van der Waals surface area contributed by atoms with E-state index in [0.29, 0.717) is 63.7 Å². The van der Waals surface area contributed by atoms with Gasteiger partial charge in [-0.2, -0.15) is 0 Å². The summed E-state index contributed by atoms with van der Waals surface area (Å²) >= 11 is 0. The van der Waals surface area contributed by atoms with Crippen molar-refractivity contribution < 1.29 is 29.7 Å². The summed E-state index contributed by atoms with van der Waals surface area (Å²) in [6.45, 7) is 5.49. The SMILES string of the molecule is CC(C)=CCN(CCCCNC(=O)C1C[C@@H]2CCC(O)C[C@@H]2N1C(=O)[C@H](Cc1ccccc1)NC(=O)C(O)Cc1ccc(O)cc1)C(=N)N. The maximum absolute atomic E-state index is 14.5. The molecule has 0 radical (unpaired) electrons. The molecule has 2 aromatic rings. The van der Waals surface area contributed by atoms with Crippen molar-refractivity contribution in [2.24, 2.45) is 11.7 Å². The first-order valence-electron chi connectivity index (χ1n) is 17.2. The van der Waals surface area contributed by atoms with Crippen LogP contribution < -0.4 is 16.4 Å². The predicted octanol–water partition coefficient (Wildman–Crippen LogP) is 2.21. The standard InChI is InChI=1S/C37H52N6O6/c1-24(2)16-19-42(37(38)39)18-7-6-17-40-34(47)32-22-27-12-15-29(45)23-31(27)43(32)36(49)30(20-25-8-4-3-5-9-25)41-35(48)33(46)21-26-10-13-28(44)14-11-26/h3-5,8-11,13-14,16,27,29-33,44-46H,6-7,12,15,17-23H2,1-2H3,(H3,38,39)(H,40,47)(H,41,48)/t27-,29?,30-,31-,32?,33?/m0/s1. The minimum absolute atomic E-state index is 0.00328. The van der Waals surface area contributed by atoms with Gasteiger partial charge in [-0.05, 0) is 81.5 Å². The number of amides is 3. The molecule has 12 nitrogen and oxygen atoms in total. The van der Waals surface area contributed by atoms with Gasteiger partial charge in [-0.3, -0.25) is 19.8 Å². The highest BCUT2D eigenvalue weighted by atomic mass is 16.3. The van der Waals surface area contributed by atoms with Crippen molar-refractivity contribution in [3.05, 3.63) is 77.4 Å². The molecule has 1 saturated carbocycles. The van der Waals surface area contributed by atoms with Crippen LogP contribution in [0.2, 0.25) is 0 Å². The van der Waals surface area contributed by atoms with E-state index in [9.17, 15) is 29.7 Å². The molecule has 1 aliphatic heterocycles. The van der Waals surface area contributed by atoms with Gasteiger partial charge < -0.3 is 41.5 Å². The van der Waals surface area contributed by atoms with Crippen molar-refractivity contribution in [3.63, 3.8) is 0 Å². The first-order valence-corrected chi connectivity index (χ1v) is 17.2. The number of unbranched alkanes of at least 4 members (excludes halogenated alkanes) is 1. The van der Waals surface area contributed by atoms with Crippen LogP contribution in [0.15, 0.2) is 66.2 Å². The third-order valence-corrected chi connectivity index (χ3v) is 9.48. The number of rotatable bonds is 15. The molecule has 4 rings (SSSR count). The van der Waals surface area contributed by atoms with Crippen LogP contribution in [0.1, 0.15) is 63.5 Å². The van der Waals surface area contributed by atoms with Crippen LogP contribution in [0, 0.1) is 11.3 Å². The van der Waals surface area contributed by atoms with Crippen molar-refractivity contribution >= 4 is 23.7 Å². The second kappa shape index (κ2) is 17.8. The van der Waals surface area contributed by atoms with E-state index < -0.39 is 36.1 Å². The average molecular weight is 677 g/mol. The van der Waals surface area contributed by atoms with E-state index in [4.69, 9.17) is 11.1 Å². The quantitative estimate of drug-likeness (QED) is 0.0646. The zero-order chi connectivity index (χ0) is 35.5. The molecule has 2 fully saturated rings. The topological polar surface area (TPSA) is 192 Å². The molecule has 2 aliphatic rings. The molecular weight excluding hydrogens is 624 g/mol. The monoisotopic (exact) mass is 676 g/mol. The Balaban J connectivity index is 1.47. The number of carbonyl (C=O) groups excluding carboxylic acids is 3. The molecule has 1 aliphatic carbocycles. The zero-order valence-corrected chi connectivity index (χ0v) is 28.6. The van der Waals surface area contributed by atoms with Gasteiger partial charge in [-0.25, -0.2) is 0 Å². The highest BCUT2D eigenvalue weighted by Crippen LogP contribution is 2.40. The lowest BCUT2D eigenvalue weighted by atomic mass is 9.83. The number of likely N-dealkylation sites (tertiary alicyclic amines) is 1. The van der Waals surface area contributed by atoms with Crippen molar-refractivity contribution in [1.29, 1.82) is 5.41 Å². The second-order valence-corrected chi connectivity index (χ2v) is 13.5. The van der Waals surface area contributed by atoms with Crippen LogP contribution in [0.3, 0.4) is 0 Å². The fourth-order valence-electron chi connectivity index (χ4n) is 6.79. The smallest absolute Gasteiger partial charge is 0.249 e. The van der Waals surface area contributed by atoms with E-state index in [1.807, 2.05) is 50.3 Å². The number of guanidine groups is 1. The molecule has 49 heavy (non-hydrogen) atoms. The summed E-state index contributed by atoms with van der Waals surface area (Å²) in [7, 11) is 0. The summed E-state index contributed by atoms with van der Waals surface area (Å²) in [5.74, 6) is -1.31. The number of benzene rings is 2. The molecule has 3 unspecified atom stereocenters. The van der Waals surface area contributed by atoms with Crippen molar-refractivity contribution in [3.8, 4) is 5.75 Å². The third kappa shape index (κ3) is 10.8. The lowest BCUT2D eigenvalue weighted by Gasteiger charge is -2.37. The minimum atomic E-state index is -1.45. The number of phenols is 1. The van der Waals surface area contributed by atoms with E-state index >= 15 is 0 Å². The number of nitrogens with zero attached hydrogens (tertiary/aromatic N) is 2. The van der Waals surface area contributed by atoms with Crippen molar-refractivity contribution in [1.82, 2.24) is 20.4 Å². The highest BCUT2D eigenvalue weighted by molar-refractivity contribution is 5.94. The van der Waals surface area contributed by atoms with Gasteiger partial charge in [0.05, 0.1) is 6.10 Å². The number of hydrogen-bond acceptors (Lipinski definition) is 7. The fraction of sp³-hybridized carbons (Fsp3) is 0.514. The van der Waals surface area contributed by atoms with Crippen LogP contribution in [-0.2, 0) is 27.2 Å². The first-order chi connectivity index (χ1) is 23.4. The van der Waals surface area contributed by atoms with Gasteiger partial charge in [0.25, 0.3) is 0 Å². The average Bonchev–Trinajstić information content (AvgIpc) is 3.45. The van der Waals surface area contributed by atoms with Crippen molar-refractivity contribution in [2.45, 2.75) is 95.5 Å². The van der Waals surface area contributed by atoms with E-state index in [1.54, 1.807) is 21.9 Å². The molecule has 8 N–H and O–H groups in total. The number of hydrogen-bond donors (Lipinski definition) is 7. The predicted molar refractivity (Wildman–Crippen MR) is 187 cm³/mol. The number of aliphatic hydroxyl groups excluding tert-OH is 2. The zero-order valence-electron chi connectivity index (χ0n) is 28.6. The first kappa shape index (κ1) is 37.4. The summed E-state index contributed by atoms with van der Waals surface area (Å²) in [5, 5.41) is 44.6. The van der Waals surface area contributed by atoms with Crippen LogP contribution in [0.4, 0.5) is 0 Å². The van der Waals surface area contributed by atoms with Crippen LogP contribution >= 0.6 is 0 Å². The Morgan fingerprint density at radius 2 is 1.71 bits per heavy atom. The summed E-state index contributed by atoms with van der Waals surface area (Å²) < 4.78 is 0. The Hall–Kier alpha value is -4.42. The van der Waals surface area contributed by atoms with E-state index in [0.717, 1.165) is 11.1 Å². The van der Waals surface area contributed by atoms with Crippen LogP contribution in [0.5, 0.6) is 5.75 Å². The number of aromatic hydroxyl groups is 1. The maximum Gasteiger partial charge on any atom is 0.249 e. The second-order valence-electron chi connectivity index (χ2n) is 13.5. The van der Waals surface area contributed by atoms with E-state index in [1.165, 1.54) is 12.1 Å². The molecule has 3 amide bonds. The Bertz CT molecular complexity index is 1450. The molecule has 2 aromatic carbocycles. The van der Waals surface area contributed by atoms with Gasteiger partial charge in [-0.1, -0.05) is 54.1 Å². The van der Waals surface area contributed by atoms with Crippen LogP contribution in [0.25, 0.3) is 0 Å². The maximum atomic E-state index is 14.5. The Labute approximate surface area is 288 Å². The van der Waals surface area contributed by atoms with E-state index in [-0.39, 0.29) is 42.4 Å². The fourth-order valence-corrected chi connectivity index (χ4v) is 6.79. The van der Waals surface area contributed by atoms with Gasteiger partial charge in [0, 0.05) is 38.5 Å². The summed E-state index contributed by atoms with van der Waals surface area (Å²) in [6.07, 6.45) is 3.58. The lowest BCUT2D eigenvalue weighted by molar-refractivity contribution is -0.145. The number of fused-ring (bicyclic) bond motifs is 1. The molecular formula is C37H52N6O6. The Kier molecular flexibility index (Phi) is 13.6. The van der Waals surface area contributed by atoms with Gasteiger partial charge in [-0.15, -0.1) is 0 Å². The van der Waals surface area contributed by atoms with E-state index in [2.05, 4.69) is 10.6 Å². The summed E-state index contributed by atoms with van der Waals surface area (Å²) in [5.41, 5.74) is 8.33. The molecule has 6 atom stereocenters. The summed E-state index contributed by atoms with van der Waals surface area (Å²) in [4.78, 5) is 44.9. The van der Waals surface area contributed by atoms with Gasteiger partial charge in [0.2, 0.25) is 17.7 Å². The highest BCUT2D eigenvalue weighted by Gasteiger charge is 2.50. The molecule has 1 heterocycles.